The highest BCUT2D eigenvalue weighted by atomic mass is 32.1. The summed E-state index contributed by atoms with van der Waals surface area (Å²) in [5.41, 5.74) is 6.67. The molecule has 0 radical (unpaired) electrons. The number of nitrogens with zero attached hydrogens (tertiary/aromatic N) is 1. The molecule has 0 aliphatic rings. The van der Waals surface area contributed by atoms with Crippen molar-refractivity contribution in [2.45, 2.75) is 59.0 Å². The van der Waals surface area contributed by atoms with E-state index in [1.807, 2.05) is 27.7 Å². The van der Waals surface area contributed by atoms with E-state index < -0.39 is 0 Å². The summed E-state index contributed by atoms with van der Waals surface area (Å²) in [6.07, 6.45) is 2.28. The molecule has 0 aromatic carbocycles. The molecule has 0 spiro atoms. The molecule has 0 saturated heterocycles. The zero-order valence-corrected chi connectivity index (χ0v) is 12.4. The molecule has 3 N–H and O–H groups in total. The van der Waals surface area contributed by atoms with Crippen LogP contribution >= 0.6 is 11.3 Å². The van der Waals surface area contributed by atoms with Gasteiger partial charge in [0.15, 0.2) is 0 Å². The topological polar surface area (TPSA) is 68.0 Å². The first-order valence-electron chi connectivity index (χ1n) is 6.39. The van der Waals surface area contributed by atoms with Crippen LogP contribution in [0, 0.1) is 13.8 Å². The van der Waals surface area contributed by atoms with Gasteiger partial charge in [0.25, 0.3) is 0 Å². The van der Waals surface area contributed by atoms with Crippen molar-refractivity contribution in [3.63, 3.8) is 0 Å². The molecule has 5 heteroatoms. The third-order valence-electron chi connectivity index (χ3n) is 2.77. The van der Waals surface area contributed by atoms with E-state index in [0.717, 1.165) is 28.4 Å². The van der Waals surface area contributed by atoms with Gasteiger partial charge in [0.1, 0.15) is 0 Å². The molecule has 2 atom stereocenters. The maximum Gasteiger partial charge on any atom is 0.220 e. The van der Waals surface area contributed by atoms with Crippen molar-refractivity contribution in [3.05, 3.63) is 15.6 Å². The van der Waals surface area contributed by atoms with Crippen molar-refractivity contribution < 1.29 is 4.79 Å². The Morgan fingerprint density at radius 1 is 1.44 bits per heavy atom. The second kappa shape index (κ2) is 6.85. The minimum atomic E-state index is 0.0407. The van der Waals surface area contributed by atoms with Gasteiger partial charge in [0, 0.05) is 17.3 Å². The van der Waals surface area contributed by atoms with Crippen LogP contribution in [0.3, 0.4) is 0 Å². The lowest BCUT2D eigenvalue weighted by molar-refractivity contribution is -0.121. The summed E-state index contributed by atoms with van der Waals surface area (Å²) in [7, 11) is 0. The van der Waals surface area contributed by atoms with Gasteiger partial charge in [-0.05, 0) is 40.5 Å². The maximum absolute atomic E-state index is 11.8. The molecule has 1 rings (SSSR count). The number of carbonyl (C=O) groups excluding carboxylic acids is 1. The zero-order valence-electron chi connectivity index (χ0n) is 11.6. The fourth-order valence-corrected chi connectivity index (χ4v) is 2.84. The van der Waals surface area contributed by atoms with Gasteiger partial charge in [-0.1, -0.05) is 0 Å². The molecule has 0 fully saturated rings. The molecule has 0 aliphatic carbocycles. The summed E-state index contributed by atoms with van der Waals surface area (Å²) in [4.78, 5) is 17.3. The number of amides is 1. The van der Waals surface area contributed by atoms with Crippen molar-refractivity contribution in [3.8, 4) is 0 Å². The van der Waals surface area contributed by atoms with E-state index in [1.54, 1.807) is 11.3 Å². The minimum absolute atomic E-state index is 0.0407. The molecule has 18 heavy (non-hydrogen) atoms. The number of thiazole rings is 1. The van der Waals surface area contributed by atoms with Crippen LogP contribution in [0.1, 0.15) is 54.7 Å². The highest BCUT2D eigenvalue weighted by Crippen LogP contribution is 2.24. The van der Waals surface area contributed by atoms with E-state index in [4.69, 9.17) is 5.73 Å². The van der Waals surface area contributed by atoms with Gasteiger partial charge in [0.05, 0.1) is 16.7 Å². The number of rotatable bonds is 6. The second-order valence-electron chi connectivity index (χ2n) is 4.84. The molecule has 0 aliphatic heterocycles. The first-order valence-corrected chi connectivity index (χ1v) is 7.20. The van der Waals surface area contributed by atoms with E-state index >= 15 is 0 Å². The van der Waals surface area contributed by atoms with Crippen LogP contribution in [-0.2, 0) is 4.79 Å². The molecule has 0 saturated carbocycles. The van der Waals surface area contributed by atoms with Crippen LogP contribution in [-0.4, -0.2) is 16.9 Å². The molecule has 1 heterocycles. The van der Waals surface area contributed by atoms with Gasteiger partial charge >= 0.3 is 0 Å². The molecule has 4 nitrogen and oxygen atoms in total. The van der Waals surface area contributed by atoms with Crippen molar-refractivity contribution in [2.24, 2.45) is 5.73 Å². The van der Waals surface area contributed by atoms with Gasteiger partial charge in [-0.25, -0.2) is 4.98 Å². The van der Waals surface area contributed by atoms with E-state index in [-0.39, 0.29) is 18.0 Å². The Bertz CT molecular complexity index is 401. The van der Waals surface area contributed by atoms with E-state index in [2.05, 4.69) is 10.3 Å². The van der Waals surface area contributed by atoms with Crippen LogP contribution in [0.4, 0.5) is 0 Å². The first kappa shape index (κ1) is 15.1. The Balaban J connectivity index is 2.42. The lowest BCUT2D eigenvalue weighted by Gasteiger charge is -2.13. The maximum atomic E-state index is 11.8. The molecular weight excluding hydrogens is 246 g/mol. The Morgan fingerprint density at radius 2 is 2.11 bits per heavy atom. The summed E-state index contributed by atoms with van der Waals surface area (Å²) in [5, 5.41) is 4.06. The number of aryl methyl sites for hydroxylation is 2. The fraction of sp³-hybridized carbons (Fsp3) is 0.692. The van der Waals surface area contributed by atoms with E-state index in [0.29, 0.717) is 6.42 Å². The Morgan fingerprint density at radius 3 is 2.61 bits per heavy atom. The number of hydrogen-bond donors (Lipinski definition) is 2. The average molecular weight is 269 g/mol. The smallest absolute Gasteiger partial charge is 0.220 e. The molecular formula is C13H23N3OS. The third kappa shape index (κ3) is 4.74. The van der Waals surface area contributed by atoms with Crippen LogP contribution in [0.15, 0.2) is 0 Å². The number of carbonyl (C=O) groups is 1. The lowest BCUT2D eigenvalue weighted by atomic mass is 10.1. The first-order chi connectivity index (χ1) is 8.40. The van der Waals surface area contributed by atoms with Crippen molar-refractivity contribution in [2.75, 3.05) is 0 Å². The SMILES string of the molecule is Cc1nc(C)c(C(C)NC(=O)CCCC(C)N)s1. The van der Waals surface area contributed by atoms with E-state index in [1.165, 1.54) is 0 Å². The predicted molar refractivity (Wildman–Crippen MR) is 75.6 cm³/mol. The summed E-state index contributed by atoms with van der Waals surface area (Å²) < 4.78 is 0. The number of nitrogens with one attached hydrogen (secondary N) is 1. The predicted octanol–water partition coefficient (Wildman–Crippen LogP) is 2.45. The Kier molecular flexibility index (Phi) is 5.75. The standard InChI is InChI=1S/C13H23N3OS/c1-8(14)6-5-7-12(17)16-10(3)13-9(2)15-11(4)18-13/h8,10H,5-7,14H2,1-4H3,(H,16,17). The van der Waals surface area contributed by atoms with E-state index in [9.17, 15) is 4.79 Å². The van der Waals surface area contributed by atoms with Gasteiger partial charge in [-0.15, -0.1) is 11.3 Å². The van der Waals surface area contributed by atoms with Crippen molar-refractivity contribution >= 4 is 17.2 Å². The summed E-state index contributed by atoms with van der Waals surface area (Å²) in [5.74, 6) is 0.0913. The zero-order chi connectivity index (χ0) is 13.7. The quantitative estimate of drug-likeness (QED) is 0.833. The summed E-state index contributed by atoms with van der Waals surface area (Å²) in [6.45, 7) is 7.93. The third-order valence-corrected chi connectivity index (χ3v) is 4.03. The fourth-order valence-electron chi connectivity index (χ4n) is 1.91. The van der Waals surface area contributed by atoms with Crippen LogP contribution in [0.2, 0.25) is 0 Å². The van der Waals surface area contributed by atoms with Crippen LogP contribution < -0.4 is 11.1 Å². The summed E-state index contributed by atoms with van der Waals surface area (Å²) in [6, 6.07) is 0.209. The van der Waals surface area contributed by atoms with Gasteiger partial charge in [0.2, 0.25) is 5.91 Å². The summed E-state index contributed by atoms with van der Waals surface area (Å²) >= 11 is 1.65. The number of aromatic nitrogens is 1. The highest BCUT2D eigenvalue weighted by Gasteiger charge is 2.15. The van der Waals surface area contributed by atoms with Gasteiger partial charge in [-0.2, -0.15) is 0 Å². The largest absolute Gasteiger partial charge is 0.349 e. The van der Waals surface area contributed by atoms with Crippen molar-refractivity contribution in [1.29, 1.82) is 0 Å². The Labute approximate surface area is 113 Å². The molecule has 1 aromatic heterocycles. The normalized spacial score (nSPS) is 14.3. The molecule has 1 aromatic rings. The van der Waals surface area contributed by atoms with Gasteiger partial charge < -0.3 is 11.1 Å². The molecule has 0 bridgehead atoms. The monoisotopic (exact) mass is 269 g/mol. The number of nitrogens with two attached hydrogens (primary N) is 1. The Hall–Kier alpha value is -0.940. The second-order valence-corrected chi connectivity index (χ2v) is 6.08. The average Bonchev–Trinajstić information content (AvgIpc) is 2.57. The number of hydrogen-bond acceptors (Lipinski definition) is 4. The van der Waals surface area contributed by atoms with Crippen molar-refractivity contribution in [1.82, 2.24) is 10.3 Å². The molecule has 102 valence electrons. The molecule has 2 unspecified atom stereocenters. The lowest BCUT2D eigenvalue weighted by Crippen LogP contribution is -2.26. The van der Waals surface area contributed by atoms with Crippen LogP contribution in [0.5, 0.6) is 0 Å². The minimum Gasteiger partial charge on any atom is -0.349 e. The van der Waals surface area contributed by atoms with Gasteiger partial charge in [-0.3, -0.25) is 4.79 Å². The highest BCUT2D eigenvalue weighted by molar-refractivity contribution is 7.11. The molecule has 1 amide bonds. The van der Waals surface area contributed by atoms with Crippen LogP contribution in [0.25, 0.3) is 0 Å².